The van der Waals surface area contributed by atoms with Gasteiger partial charge in [0, 0.05) is 25.6 Å². The van der Waals surface area contributed by atoms with E-state index in [-0.39, 0.29) is 5.91 Å². The van der Waals surface area contributed by atoms with Crippen molar-refractivity contribution in [3.05, 3.63) is 29.7 Å². The van der Waals surface area contributed by atoms with Crippen molar-refractivity contribution in [1.29, 1.82) is 0 Å². The summed E-state index contributed by atoms with van der Waals surface area (Å²) >= 11 is 0. The molecule has 2 aromatic rings. The minimum Gasteiger partial charge on any atom is -0.441 e. The number of hydrogen-bond donors (Lipinski definition) is 2. The maximum atomic E-state index is 11.6. The molecule has 16 heavy (non-hydrogen) atoms. The van der Waals surface area contributed by atoms with Gasteiger partial charge in [0.15, 0.2) is 11.5 Å². The minimum absolute atomic E-state index is 0.151. The molecule has 0 aliphatic rings. The van der Waals surface area contributed by atoms with Gasteiger partial charge in [0.1, 0.15) is 5.52 Å². The second-order valence-corrected chi connectivity index (χ2v) is 3.46. The van der Waals surface area contributed by atoms with Gasteiger partial charge < -0.3 is 15.5 Å². The molecule has 0 spiro atoms. The number of hydrogen-bond acceptors (Lipinski definition) is 4. The van der Waals surface area contributed by atoms with Gasteiger partial charge in [-0.25, -0.2) is 4.98 Å². The van der Waals surface area contributed by atoms with E-state index >= 15 is 0 Å². The van der Waals surface area contributed by atoms with Crippen molar-refractivity contribution < 1.29 is 9.21 Å². The van der Waals surface area contributed by atoms with Crippen LogP contribution in [0.5, 0.6) is 0 Å². The molecule has 1 aromatic carbocycles. The first-order valence-electron chi connectivity index (χ1n) is 5.06. The third-order valence-electron chi connectivity index (χ3n) is 2.19. The number of fused-ring (bicyclic) bond motifs is 1. The van der Waals surface area contributed by atoms with Gasteiger partial charge in [-0.1, -0.05) is 0 Å². The molecular formula is C11H13N3O2. The van der Waals surface area contributed by atoms with E-state index in [2.05, 4.69) is 10.3 Å². The van der Waals surface area contributed by atoms with Crippen LogP contribution >= 0.6 is 0 Å². The van der Waals surface area contributed by atoms with E-state index in [0.717, 1.165) is 5.52 Å². The zero-order valence-corrected chi connectivity index (χ0v) is 8.99. The number of carbonyl (C=O) groups excluding carboxylic acids is 1. The van der Waals surface area contributed by atoms with Crippen molar-refractivity contribution in [2.45, 2.75) is 6.92 Å². The first-order chi connectivity index (χ1) is 7.70. The number of amides is 1. The lowest BCUT2D eigenvalue weighted by atomic mass is 10.2. The predicted octanol–water partition coefficient (Wildman–Crippen LogP) is 0.825. The van der Waals surface area contributed by atoms with Gasteiger partial charge in [0.05, 0.1) is 0 Å². The number of nitrogens with one attached hydrogen (secondary N) is 1. The van der Waals surface area contributed by atoms with E-state index in [4.69, 9.17) is 10.2 Å². The molecule has 5 nitrogen and oxygen atoms in total. The maximum absolute atomic E-state index is 11.6. The van der Waals surface area contributed by atoms with Crippen molar-refractivity contribution in [1.82, 2.24) is 10.3 Å². The Hall–Kier alpha value is -1.88. The zero-order valence-electron chi connectivity index (χ0n) is 8.99. The third kappa shape index (κ3) is 2.04. The molecule has 0 bridgehead atoms. The van der Waals surface area contributed by atoms with Gasteiger partial charge in [-0.15, -0.1) is 0 Å². The van der Waals surface area contributed by atoms with Crippen LogP contribution < -0.4 is 11.1 Å². The average molecular weight is 219 g/mol. The summed E-state index contributed by atoms with van der Waals surface area (Å²) in [6.07, 6.45) is 0. The number of aryl methyl sites for hydroxylation is 1. The standard InChI is InChI=1S/C11H13N3O2/c1-7-14-9-3-2-8(6-10(9)16-7)11(15)13-5-4-12/h2-3,6H,4-5,12H2,1H3,(H,13,15). The highest BCUT2D eigenvalue weighted by Crippen LogP contribution is 2.16. The van der Waals surface area contributed by atoms with Crippen LogP contribution in [0.2, 0.25) is 0 Å². The van der Waals surface area contributed by atoms with Gasteiger partial charge in [0.25, 0.3) is 5.91 Å². The molecule has 1 heterocycles. The molecule has 0 aliphatic heterocycles. The smallest absolute Gasteiger partial charge is 0.251 e. The van der Waals surface area contributed by atoms with Crippen molar-refractivity contribution >= 4 is 17.0 Å². The first kappa shape index (κ1) is 10.6. The largest absolute Gasteiger partial charge is 0.441 e. The van der Waals surface area contributed by atoms with E-state index in [0.29, 0.717) is 30.1 Å². The summed E-state index contributed by atoms with van der Waals surface area (Å²) in [6, 6.07) is 5.17. The van der Waals surface area contributed by atoms with E-state index in [9.17, 15) is 4.79 Å². The molecule has 0 atom stereocenters. The second kappa shape index (κ2) is 4.32. The average Bonchev–Trinajstić information content (AvgIpc) is 2.64. The van der Waals surface area contributed by atoms with Crippen LogP contribution in [0.15, 0.2) is 22.6 Å². The maximum Gasteiger partial charge on any atom is 0.251 e. The van der Waals surface area contributed by atoms with Crippen LogP contribution in [0.3, 0.4) is 0 Å². The topological polar surface area (TPSA) is 81.2 Å². The summed E-state index contributed by atoms with van der Waals surface area (Å²) in [7, 11) is 0. The van der Waals surface area contributed by atoms with Crippen molar-refractivity contribution in [2.24, 2.45) is 5.73 Å². The lowest BCUT2D eigenvalue weighted by Crippen LogP contribution is -2.28. The lowest BCUT2D eigenvalue weighted by Gasteiger charge is -2.02. The molecule has 0 radical (unpaired) electrons. The van der Waals surface area contributed by atoms with Gasteiger partial charge in [-0.3, -0.25) is 4.79 Å². The highest BCUT2D eigenvalue weighted by Gasteiger charge is 2.08. The van der Waals surface area contributed by atoms with Crippen LogP contribution in [0.4, 0.5) is 0 Å². The Bertz CT molecular complexity index is 519. The van der Waals surface area contributed by atoms with Crippen LogP contribution in [0.25, 0.3) is 11.1 Å². The summed E-state index contributed by atoms with van der Waals surface area (Å²) in [5, 5.41) is 2.69. The molecule has 84 valence electrons. The van der Waals surface area contributed by atoms with Gasteiger partial charge in [-0.05, 0) is 18.2 Å². The molecule has 3 N–H and O–H groups in total. The summed E-state index contributed by atoms with van der Waals surface area (Å²) in [6.45, 7) is 2.66. The van der Waals surface area contributed by atoms with Gasteiger partial charge in [0.2, 0.25) is 0 Å². The second-order valence-electron chi connectivity index (χ2n) is 3.46. The number of oxazole rings is 1. The number of rotatable bonds is 3. The third-order valence-corrected chi connectivity index (χ3v) is 2.19. The van der Waals surface area contributed by atoms with Crippen molar-refractivity contribution in [3.63, 3.8) is 0 Å². The fourth-order valence-electron chi connectivity index (χ4n) is 1.47. The molecule has 0 aliphatic carbocycles. The van der Waals surface area contributed by atoms with Crippen molar-refractivity contribution in [2.75, 3.05) is 13.1 Å². The number of nitrogens with zero attached hydrogens (tertiary/aromatic N) is 1. The summed E-state index contributed by atoms with van der Waals surface area (Å²) in [4.78, 5) is 15.8. The van der Waals surface area contributed by atoms with E-state index in [1.807, 2.05) is 0 Å². The molecule has 5 heteroatoms. The Kier molecular flexibility index (Phi) is 2.87. The number of carbonyl (C=O) groups is 1. The number of aromatic nitrogens is 1. The zero-order chi connectivity index (χ0) is 11.5. The van der Waals surface area contributed by atoms with E-state index in [1.165, 1.54) is 0 Å². The monoisotopic (exact) mass is 219 g/mol. The highest BCUT2D eigenvalue weighted by atomic mass is 16.3. The van der Waals surface area contributed by atoms with Gasteiger partial charge in [-0.2, -0.15) is 0 Å². The predicted molar refractivity (Wildman–Crippen MR) is 60.1 cm³/mol. The molecular weight excluding hydrogens is 206 g/mol. The van der Waals surface area contributed by atoms with Crippen LogP contribution in [0.1, 0.15) is 16.2 Å². The molecule has 1 aromatic heterocycles. The first-order valence-corrected chi connectivity index (χ1v) is 5.06. The number of benzene rings is 1. The highest BCUT2D eigenvalue weighted by molar-refractivity contribution is 5.96. The number of nitrogens with two attached hydrogens (primary N) is 1. The lowest BCUT2D eigenvalue weighted by molar-refractivity contribution is 0.0955. The molecule has 1 amide bonds. The molecule has 0 fully saturated rings. The minimum atomic E-state index is -0.151. The molecule has 0 saturated carbocycles. The fraction of sp³-hybridized carbons (Fsp3) is 0.273. The molecule has 2 rings (SSSR count). The van der Waals surface area contributed by atoms with Crippen LogP contribution in [-0.2, 0) is 0 Å². The summed E-state index contributed by atoms with van der Waals surface area (Å²) < 4.78 is 5.35. The Balaban J connectivity index is 2.28. The SMILES string of the molecule is Cc1nc2ccc(C(=O)NCCN)cc2o1. The van der Waals surface area contributed by atoms with Crippen molar-refractivity contribution in [3.8, 4) is 0 Å². The summed E-state index contributed by atoms with van der Waals surface area (Å²) in [5.74, 6) is 0.441. The molecule has 0 unspecified atom stereocenters. The van der Waals surface area contributed by atoms with E-state index < -0.39 is 0 Å². The van der Waals surface area contributed by atoms with Gasteiger partial charge >= 0.3 is 0 Å². The Morgan fingerprint density at radius 1 is 1.56 bits per heavy atom. The fourth-order valence-corrected chi connectivity index (χ4v) is 1.47. The van der Waals surface area contributed by atoms with Crippen LogP contribution in [-0.4, -0.2) is 24.0 Å². The van der Waals surface area contributed by atoms with Crippen LogP contribution in [0, 0.1) is 6.92 Å². The Morgan fingerprint density at radius 2 is 2.38 bits per heavy atom. The quantitative estimate of drug-likeness (QED) is 0.801. The molecule has 0 saturated heterocycles. The Labute approximate surface area is 92.6 Å². The summed E-state index contributed by atoms with van der Waals surface area (Å²) in [5.41, 5.74) is 7.24. The van der Waals surface area contributed by atoms with E-state index in [1.54, 1.807) is 25.1 Å². The normalized spacial score (nSPS) is 10.6. The Morgan fingerprint density at radius 3 is 3.12 bits per heavy atom.